The second kappa shape index (κ2) is 8.49. The van der Waals surface area contributed by atoms with Crippen LogP contribution in [0.4, 0.5) is 0 Å². The third kappa shape index (κ3) is 4.94. The Bertz CT molecular complexity index is 734. The van der Waals surface area contributed by atoms with E-state index in [1.54, 1.807) is 6.07 Å². The van der Waals surface area contributed by atoms with Crippen LogP contribution in [0.5, 0.6) is 0 Å². The molecule has 0 saturated heterocycles. The molecule has 1 saturated carbocycles. The van der Waals surface area contributed by atoms with Crippen LogP contribution in [-0.2, 0) is 11.3 Å². The summed E-state index contributed by atoms with van der Waals surface area (Å²) in [7, 11) is 0. The van der Waals surface area contributed by atoms with Gasteiger partial charge in [0, 0.05) is 36.5 Å². The minimum Gasteiger partial charge on any atom is -0.351 e. The van der Waals surface area contributed by atoms with Crippen molar-refractivity contribution in [1.82, 2.24) is 10.2 Å². The van der Waals surface area contributed by atoms with Crippen LogP contribution in [0.25, 0.3) is 0 Å². The summed E-state index contributed by atoms with van der Waals surface area (Å²) < 4.78 is 0. The van der Waals surface area contributed by atoms with E-state index >= 15 is 0 Å². The predicted octanol–water partition coefficient (Wildman–Crippen LogP) is 4.18. The fraction of sp³-hybridized carbons (Fsp3) is 0.429. The molecule has 1 aromatic carbocycles. The van der Waals surface area contributed by atoms with Crippen LogP contribution in [0.3, 0.4) is 0 Å². The average Bonchev–Trinajstić information content (AvgIpc) is 3.32. The van der Waals surface area contributed by atoms with Gasteiger partial charge in [0.2, 0.25) is 5.91 Å². The lowest BCUT2D eigenvalue weighted by molar-refractivity contribution is -0.132. The Morgan fingerprint density at radius 3 is 2.50 bits per heavy atom. The molecule has 4 nitrogen and oxygen atoms in total. The van der Waals surface area contributed by atoms with E-state index in [2.05, 4.69) is 43.4 Å². The molecule has 0 unspecified atom stereocenters. The zero-order valence-corrected chi connectivity index (χ0v) is 16.2. The van der Waals surface area contributed by atoms with E-state index in [-0.39, 0.29) is 11.8 Å². The van der Waals surface area contributed by atoms with Crippen LogP contribution in [0.2, 0.25) is 0 Å². The lowest BCUT2D eigenvalue weighted by atomic mass is 10.0. The molecule has 1 N–H and O–H groups in total. The maximum absolute atomic E-state index is 12.6. The van der Waals surface area contributed by atoms with Gasteiger partial charge in [-0.15, -0.1) is 0 Å². The van der Waals surface area contributed by atoms with E-state index in [4.69, 9.17) is 0 Å². The Morgan fingerprint density at radius 2 is 1.92 bits per heavy atom. The van der Waals surface area contributed by atoms with Crippen LogP contribution in [0.15, 0.2) is 41.1 Å². The summed E-state index contributed by atoms with van der Waals surface area (Å²) in [6.07, 6.45) is 2.50. The Hall–Kier alpha value is -2.14. The SMILES string of the molecule is CC(C)c1ccc(CN(C(=O)CCNC(=O)c2ccsc2)C2CC2)cc1. The molecule has 2 amide bonds. The molecule has 1 aliphatic rings. The zero-order chi connectivity index (χ0) is 18.5. The number of thiophene rings is 1. The number of amides is 2. The van der Waals surface area contributed by atoms with Crippen molar-refractivity contribution in [1.29, 1.82) is 0 Å². The fourth-order valence-electron chi connectivity index (χ4n) is 2.93. The smallest absolute Gasteiger partial charge is 0.252 e. The normalized spacial score (nSPS) is 13.7. The van der Waals surface area contributed by atoms with Gasteiger partial charge in [0.25, 0.3) is 5.91 Å². The molecule has 26 heavy (non-hydrogen) atoms. The first kappa shape index (κ1) is 18.6. The number of carbonyl (C=O) groups is 2. The van der Waals surface area contributed by atoms with Crippen molar-refractivity contribution < 1.29 is 9.59 Å². The van der Waals surface area contributed by atoms with Crippen LogP contribution < -0.4 is 5.32 Å². The summed E-state index contributed by atoms with van der Waals surface area (Å²) in [6.45, 7) is 5.39. The van der Waals surface area contributed by atoms with Gasteiger partial charge < -0.3 is 10.2 Å². The number of nitrogens with zero attached hydrogens (tertiary/aromatic N) is 1. The zero-order valence-electron chi connectivity index (χ0n) is 15.4. The van der Waals surface area contributed by atoms with Gasteiger partial charge in [-0.3, -0.25) is 9.59 Å². The van der Waals surface area contributed by atoms with Crippen molar-refractivity contribution in [2.45, 2.75) is 51.6 Å². The molecule has 0 aliphatic heterocycles. The molecular weight excluding hydrogens is 344 g/mol. The van der Waals surface area contributed by atoms with Crippen LogP contribution in [0.1, 0.15) is 60.5 Å². The number of carbonyl (C=O) groups excluding carboxylic acids is 2. The third-order valence-corrected chi connectivity index (χ3v) is 5.40. The third-order valence-electron chi connectivity index (χ3n) is 4.72. The van der Waals surface area contributed by atoms with Crippen molar-refractivity contribution in [3.05, 3.63) is 57.8 Å². The van der Waals surface area contributed by atoms with Crippen molar-refractivity contribution in [3.63, 3.8) is 0 Å². The minimum atomic E-state index is -0.110. The molecule has 1 aromatic heterocycles. The molecule has 2 aromatic rings. The van der Waals surface area contributed by atoms with Crippen molar-refractivity contribution in [3.8, 4) is 0 Å². The van der Waals surface area contributed by atoms with E-state index in [1.807, 2.05) is 15.7 Å². The first-order chi connectivity index (χ1) is 12.5. The molecule has 0 atom stereocenters. The van der Waals surface area contributed by atoms with Gasteiger partial charge in [0.05, 0.1) is 0 Å². The second-order valence-corrected chi connectivity index (χ2v) is 7.95. The van der Waals surface area contributed by atoms with E-state index in [0.29, 0.717) is 37.0 Å². The highest BCUT2D eigenvalue weighted by Crippen LogP contribution is 2.29. The number of rotatable bonds is 8. The molecule has 1 heterocycles. The molecule has 138 valence electrons. The van der Waals surface area contributed by atoms with Gasteiger partial charge in [-0.25, -0.2) is 0 Å². The highest BCUT2D eigenvalue weighted by atomic mass is 32.1. The Kier molecular flexibility index (Phi) is 6.09. The quantitative estimate of drug-likeness (QED) is 0.758. The Labute approximate surface area is 159 Å². The lowest BCUT2D eigenvalue weighted by Crippen LogP contribution is -2.35. The molecule has 0 radical (unpaired) electrons. The summed E-state index contributed by atoms with van der Waals surface area (Å²) in [4.78, 5) is 26.6. The molecule has 5 heteroatoms. The highest BCUT2D eigenvalue weighted by molar-refractivity contribution is 7.08. The highest BCUT2D eigenvalue weighted by Gasteiger charge is 2.32. The van der Waals surface area contributed by atoms with Crippen molar-refractivity contribution in [2.75, 3.05) is 6.54 Å². The summed E-state index contributed by atoms with van der Waals surface area (Å²) in [5, 5.41) is 6.52. The predicted molar refractivity (Wildman–Crippen MR) is 105 cm³/mol. The Morgan fingerprint density at radius 1 is 1.19 bits per heavy atom. The summed E-state index contributed by atoms with van der Waals surface area (Å²) in [5.74, 6) is 0.518. The van der Waals surface area contributed by atoms with Gasteiger partial charge in [0.15, 0.2) is 0 Å². The van der Waals surface area contributed by atoms with Gasteiger partial charge >= 0.3 is 0 Å². The summed E-state index contributed by atoms with van der Waals surface area (Å²) in [6, 6.07) is 10.7. The van der Waals surface area contributed by atoms with Crippen molar-refractivity contribution in [2.24, 2.45) is 0 Å². The molecule has 3 rings (SSSR count). The lowest BCUT2D eigenvalue weighted by Gasteiger charge is -2.23. The maximum atomic E-state index is 12.6. The summed E-state index contributed by atoms with van der Waals surface area (Å²) >= 11 is 1.49. The van der Waals surface area contributed by atoms with E-state index in [9.17, 15) is 9.59 Å². The number of hydrogen-bond acceptors (Lipinski definition) is 3. The fourth-order valence-corrected chi connectivity index (χ4v) is 3.57. The molecule has 0 bridgehead atoms. The number of benzene rings is 1. The van der Waals surface area contributed by atoms with Crippen LogP contribution >= 0.6 is 11.3 Å². The molecule has 1 fully saturated rings. The molecule has 1 aliphatic carbocycles. The Balaban J connectivity index is 1.52. The number of nitrogens with one attached hydrogen (secondary N) is 1. The average molecular weight is 371 g/mol. The van der Waals surface area contributed by atoms with Gasteiger partial charge in [-0.05, 0) is 41.3 Å². The second-order valence-electron chi connectivity index (χ2n) is 7.17. The van der Waals surface area contributed by atoms with Crippen molar-refractivity contribution >= 4 is 23.2 Å². The first-order valence-electron chi connectivity index (χ1n) is 9.23. The topological polar surface area (TPSA) is 49.4 Å². The van der Waals surface area contributed by atoms with E-state index in [1.165, 1.54) is 16.9 Å². The van der Waals surface area contributed by atoms with E-state index in [0.717, 1.165) is 18.4 Å². The van der Waals surface area contributed by atoms with Crippen LogP contribution in [0, 0.1) is 0 Å². The standard InChI is InChI=1S/C21H26N2O2S/c1-15(2)17-5-3-16(4-6-17)13-23(19-7-8-19)20(24)9-11-22-21(25)18-10-12-26-14-18/h3-6,10,12,14-15,19H,7-9,11,13H2,1-2H3,(H,22,25). The maximum Gasteiger partial charge on any atom is 0.252 e. The van der Waals surface area contributed by atoms with Gasteiger partial charge in [-0.1, -0.05) is 38.1 Å². The monoisotopic (exact) mass is 370 g/mol. The minimum absolute atomic E-state index is 0.110. The summed E-state index contributed by atoms with van der Waals surface area (Å²) in [5.41, 5.74) is 3.14. The molecule has 0 spiro atoms. The number of hydrogen-bond donors (Lipinski definition) is 1. The van der Waals surface area contributed by atoms with Crippen LogP contribution in [-0.4, -0.2) is 29.3 Å². The largest absolute Gasteiger partial charge is 0.351 e. The van der Waals surface area contributed by atoms with Gasteiger partial charge in [0.1, 0.15) is 0 Å². The van der Waals surface area contributed by atoms with E-state index < -0.39 is 0 Å². The van der Waals surface area contributed by atoms with Gasteiger partial charge in [-0.2, -0.15) is 11.3 Å². The molecular formula is C21H26N2O2S. The first-order valence-corrected chi connectivity index (χ1v) is 10.2.